The van der Waals surface area contributed by atoms with Gasteiger partial charge in [-0.1, -0.05) is 54.1 Å². The molecule has 1 heterocycles. The van der Waals surface area contributed by atoms with Gasteiger partial charge in [0.25, 0.3) is 11.8 Å². The van der Waals surface area contributed by atoms with Crippen molar-refractivity contribution in [3.8, 4) is 22.8 Å². The number of rotatable bonds is 7. The molecule has 0 saturated carbocycles. The van der Waals surface area contributed by atoms with E-state index in [0.717, 1.165) is 5.56 Å². The van der Waals surface area contributed by atoms with Crippen molar-refractivity contribution in [2.45, 2.75) is 13.8 Å². The fourth-order valence-corrected chi connectivity index (χ4v) is 3.91. The molecule has 34 heavy (non-hydrogen) atoms. The molecule has 0 spiro atoms. The number of oxazole rings is 1. The third kappa shape index (κ3) is 4.87. The van der Waals surface area contributed by atoms with Gasteiger partial charge in [-0.3, -0.25) is 9.59 Å². The van der Waals surface area contributed by atoms with Crippen LogP contribution in [0, 0.1) is 0 Å². The summed E-state index contributed by atoms with van der Waals surface area (Å²) >= 11 is 6.38. The number of benzene rings is 3. The van der Waals surface area contributed by atoms with Crippen molar-refractivity contribution in [1.82, 2.24) is 9.88 Å². The summed E-state index contributed by atoms with van der Waals surface area (Å²) in [6.07, 6.45) is 1.64. The second-order valence-electron chi connectivity index (χ2n) is 7.57. The quantitative estimate of drug-likeness (QED) is 0.337. The average molecular weight is 474 g/mol. The highest BCUT2D eigenvalue weighted by Crippen LogP contribution is 2.29. The molecule has 0 bridgehead atoms. The van der Waals surface area contributed by atoms with E-state index in [1.807, 2.05) is 50.2 Å². The van der Waals surface area contributed by atoms with Crippen molar-refractivity contribution >= 4 is 29.1 Å². The molecule has 4 aromatic rings. The minimum atomic E-state index is -0.339. The first-order valence-corrected chi connectivity index (χ1v) is 11.4. The first kappa shape index (κ1) is 23.3. The number of hydrogen-bond acceptors (Lipinski definition) is 4. The van der Waals surface area contributed by atoms with E-state index >= 15 is 0 Å². The highest BCUT2D eigenvalue weighted by atomic mass is 35.5. The zero-order valence-corrected chi connectivity index (χ0v) is 19.7. The summed E-state index contributed by atoms with van der Waals surface area (Å²) in [5, 5.41) is 3.13. The van der Waals surface area contributed by atoms with Crippen LogP contribution in [0.25, 0.3) is 22.8 Å². The van der Waals surface area contributed by atoms with Crippen LogP contribution < -0.4 is 5.32 Å². The Morgan fingerprint density at radius 3 is 2.35 bits per heavy atom. The molecule has 1 N–H and O–H groups in total. The maximum absolute atomic E-state index is 13.1. The summed E-state index contributed by atoms with van der Waals surface area (Å²) in [6.45, 7) is 5.01. The number of anilines is 1. The van der Waals surface area contributed by atoms with Crippen molar-refractivity contribution in [1.29, 1.82) is 0 Å². The van der Waals surface area contributed by atoms with Gasteiger partial charge in [-0.2, -0.15) is 0 Å². The number of hydrogen-bond donors (Lipinski definition) is 1. The Labute approximate surface area is 203 Å². The molecule has 0 fully saturated rings. The number of nitrogens with one attached hydrogen (secondary N) is 1. The largest absolute Gasteiger partial charge is 0.436 e. The molecule has 0 aliphatic heterocycles. The lowest BCUT2D eigenvalue weighted by atomic mass is 10.1. The molecule has 0 atom stereocenters. The van der Waals surface area contributed by atoms with Crippen LogP contribution in [0.3, 0.4) is 0 Å². The second-order valence-corrected chi connectivity index (χ2v) is 7.97. The number of nitrogens with zero attached hydrogens (tertiary/aromatic N) is 2. The summed E-state index contributed by atoms with van der Waals surface area (Å²) in [4.78, 5) is 31.8. The van der Waals surface area contributed by atoms with E-state index in [1.165, 1.54) is 0 Å². The smallest absolute Gasteiger partial charge is 0.256 e. The van der Waals surface area contributed by atoms with Crippen LogP contribution in [0.2, 0.25) is 5.02 Å². The number of amides is 2. The molecular weight excluding hydrogens is 450 g/mol. The molecule has 0 unspecified atom stereocenters. The Bertz CT molecular complexity index is 1310. The molecule has 0 aliphatic rings. The Morgan fingerprint density at radius 2 is 1.65 bits per heavy atom. The van der Waals surface area contributed by atoms with Gasteiger partial charge in [0.05, 0.1) is 22.3 Å². The van der Waals surface area contributed by atoms with Gasteiger partial charge in [0.2, 0.25) is 5.89 Å². The van der Waals surface area contributed by atoms with E-state index in [1.54, 1.807) is 47.5 Å². The first-order valence-electron chi connectivity index (χ1n) is 11.0. The van der Waals surface area contributed by atoms with Gasteiger partial charge in [-0.05, 0) is 44.2 Å². The Kier molecular flexibility index (Phi) is 7.09. The van der Waals surface area contributed by atoms with Crippen molar-refractivity contribution in [2.24, 2.45) is 0 Å². The molecule has 3 aromatic carbocycles. The second kappa shape index (κ2) is 10.4. The topological polar surface area (TPSA) is 75.4 Å². The van der Waals surface area contributed by atoms with Crippen molar-refractivity contribution < 1.29 is 14.0 Å². The van der Waals surface area contributed by atoms with E-state index in [0.29, 0.717) is 47.1 Å². The van der Waals surface area contributed by atoms with Gasteiger partial charge in [0, 0.05) is 29.9 Å². The summed E-state index contributed by atoms with van der Waals surface area (Å²) in [5.74, 6) is 0.485. The summed E-state index contributed by atoms with van der Waals surface area (Å²) in [7, 11) is 0. The van der Waals surface area contributed by atoms with E-state index in [4.69, 9.17) is 16.0 Å². The van der Waals surface area contributed by atoms with E-state index in [-0.39, 0.29) is 16.8 Å². The molecule has 0 aliphatic carbocycles. The standard InChI is InChI=1S/C27H24ClN3O3/c1-3-31(4-2)27(33)22-15-14-19(16-23(22)28)30-25(32)20-12-8-9-13-21(20)26-29-17-24(34-26)18-10-6-5-7-11-18/h5-17H,3-4H2,1-2H3,(H,30,32). The summed E-state index contributed by atoms with van der Waals surface area (Å²) in [5.41, 5.74) is 2.76. The molecule has 7 heteroatoms. The monoisotopic (exact) mass is 473 g/mol. The lowest BCUT2D eigenvalue weighted by Crippen LogP contribution is -2.30. The molecule has 6 nitrogen and oxygen atoms in total. The molecule has 0 radical (unpaired) electrons. The van der Waals surface area contributed by atoms with Gasteiger partial charge in [-0.25, -0.2) is 4.98 Å². The Hall–Kier alpha value is -3.90. The fraction of sp³-hybridized carbons (Fsp3) is 0.148. The van der Waals surface area contributed by atoms with Crippen LogP contribution in [-0.2, 0) is 0 Å². The third-order valence-corrected chi connectivity index (χ3v) is 5.79. The Balaban J connectivity index is 1.57. The first-order chi connectivity index (χ1) is 16.5. The highest BCUT2D eigenvalue weighted by molar-refractivity contribution is 6.34. The maximum atomic E-state index is 13.1. The van der Waals surface area contributed by atoms with Crippen molar-refractivity contribution in [2.75, 3.05) is 18.4 Å². The Morgan fingerprint density at radius 1 is 0.941 bits per heavy atom. The number of carbonyl (C=O) groups is 2. The van der Waals surface area contributed by atoms with Crippen LogP contribution in [-0.4, -0.2) is 34.8 Å². The summed E-state index contributed by atoms with van der Waals surface area (Å²) < 4.78 is 5.95. The van der Waals surface area contributed by atoms with E-state index < -0.39 is 0 Å². The van der Waals surface area contributed by atoms with E-state index in [9.17, 15) is 9.59 Å². The van der Waals surface area contributed by atoms with Crippen LogP contribution in [0.1, 0.15) is 34.6 Å². The normalized spacial score (nSPS) is 10.7. The van der Waals surface area contributed by atoms with Gasteiger partial charge in [0.15, 0.2) is 5.76 Å². The summed E-state index contributed by atoms with van der Waals surface area (Å²) in [6, 6.07) is 21.6. The number of aromatic nitrogens is 1. The van der Waals surface area contributed by atoms with Crippen LogP contribution in [0.5, 0.6) is 0 Å². The number of carbonyl (C=O) groups excluding carboxylic acids is 2. The third-order valence-electron chi connectivity index (χ3n) is 5.47. The molecule has 172 valence electrons. The van der Waals surface area contributed by atoms with Crippen molar-refractivity contribution in [3.63, 3.8) is 0 Å². The highest BCUT2D eigenvalue weighted by Gasteiger charge is 2.19. The number of halogens is 1. The zero-order chi connectivity index (χ0) is 24.1. The maximum Gasteiger partial charge on any atom is 0.256 e. The van der Waals surface area contributed by atoms with Gasteiger partial charge in [-0.15, -0.1) is 0 Å². The molecule has 2 amide bonds. The molecule has 0 saturated heterocycles. The SMILES string of the molecule is CCN(CC)C(=O)c1ccc(NC(=O)c2ccccc2-c2ncc(-c3ccccc3)o2)cc1Cl. The van der Waals surface area contributed by atoms with E-state index in [2.05, 4.69) is 10.3 Å². The van der Waals surface area contributed by atoms with Crippen LogP contribution >= 0.6 is 11.6 Å². The van der Waals surface area contributed by atoms with Crippen molar-refractivity contribution in [3.05, 3.63) is 95.1 Å². The molecule has 1 aromatic heterocycles. The predicted molar refractivity (Wildman–Crippen MR) is 134 cm³/mol. The average Bonchev–Trinajstić information content (AvgIpc) is 3.35. The minimum absolute atomic E-state index is 0.142. The lowest BCUT2D eigenvalue weighted by molar-refractivity contribution is 0.0773. The lowest BCUT2D eigenvalue weighted by Gasteiger charge is -2.19. The van der Waals surface area contributed by atoms with Gasteiger partial charge < -0.3 is 14.6 Å². The van der Waals surface area contributed by atoms with Gasteiger partial charge in [0.1, 0.15) is 0 Å². The van der Waals surface area contributed by atoms with Crippen LogP contribution in [0.15, 0.2) is 83.4 Å². The molecular formula is C27H24ClN3O3. The zero-order valence-electron chi connectivity index (χ0n) is 18.9. The van der Waals surface area contributed by atoms with Gasteiger partial charge >= 0.3 is 0 Å². The molecule has 4 rings (SSSR count). The fourth-order valence-electron chi connectivity index (χ4n) is 3.65. The van der Waals surface area contributed by atoms with Crippen LogP contribution in [0.4, 0.5) is 5.69 Å². The predicted octanol–water partition coefficient (Wildman–Crippen LogP) is 6.40. The minimum Gasteiger partial charge on any atom is -0.436 e.